The van der Waals surface area contributed by atoms with Crippen LogP contribution in [0, 0.1) is 5.41 Å². The number of ether oxygens (including phenoxy) is 1. The van der Waals surface area contributed by atoms with Gasteiger partial charge in [0.15, 0.2) is 0 Å². The molecule has 0 aromatic rings. The number of hydrogen-bond acceptors (Lipinski definition) is 3. The topological polar surface area (TPSA) is 66.8 Å². The number of piperidine rings is 1. The Morgan fingerprint density at radius 1 is 1.56 bits per heavy atom. The molecule has 0 aromatic carbocycles. The van der Waals surface area contributed by atoms with E-state index in [1.54, 1.807) is 11.8 Å². The van der Waals surface area contributed by atoms with Crippen molar-refractivity contribution in [1.29, 1.82) is 0 Å². The second-order valence-corrected chi connectivity index (χ2v) is 4.80. The zero-order valence-corrected chi connectivity index (χ0v) is 9.44. The number of amides is 1. The van der Waals surface area contributed by atoms with Gasteiger partial charge in [0.1, 0.15) is 5.41 Å². The van der Waals surface area contributed by atoms with Crippen molar-refractivity contribution < 1.29 is 19.4 Å². The zero-order valence-electron chi connectivity index (χ0n) is 9.44. The number of hydrogen-bond donors (Lipinski definition) is 1. The van der Waals surface area contributed by atoms with E-state index < -0.39 is 11.4 Å². The van der Waals surface area contributed by atoms with Crippen LogP contribution in [-0.4, -0.2) is 47.7 Å². The molecule has 5 heteroatoms. The Morgan fingerprint density at radius 3 is 2.94 bits per heavy atom. The van der Waals surface area contributed by atoms with Gasteiger partial charge in [-0.2, -0.15) is 0 Å². The second kappa shape index (κ2) is 4.05. The summed E-state index contributed by atoms with van der Waals surface area (Å²) in [5, 5.41) is 9.24. The summed E-state index contributed by atoms with van der Waals surface area (Å²) in [5.74, 6) is -0.817. The molecule has 2 rings (SSSR count). The highest BCUT2D eigenvalue weighted by Gasteiger charge is 2.50. The number of carboxylic acids is 1. The van der Waals surface area contributed by atoms with Gasteiger partial charge < -0.3 is 14.7 Å². The minimum atomic E-state index is -0.951. The summed E-state index contributed by atoms with van der Waals surface area (Å²) in [6.45, 7) is 2.86. The summed E-state index contributed by atoms with van der Waals surface area (Å²) in [6.07, 6.45) is 2.40. The van der Waals surface area contributed by atoms with E-state index in [9.17, 15) is 14.7 Å². The smallest absolute Gasteiger partial charge is 0.313 e. The van der Waals surface area contributed by atoms with Crippen LogP contribution >= 0.6 is 0 Å². The summed E-state index contributed by atoms with van der Waals surface area (Å²) >= 11 is 0. The second-order valence-electron chi connectivity index (χ2n) is 4.80. The molecule has 16 heavy (non-hydrogen) atoms. The number of carbonyl (C=O) groups excluding carboxylic acids is 1. The quantitative estimate of drug-likeness (QED) is 0.745. The van der Waals surface area contributed by atoms with Gasteiger partial charge in [0.2, 0.25) is 5.91 Å². The van der Waals surface area contributed by atoms with E-state index in [0.29, 0.717) is 19.6 Å². The third-order valence-corrected chi connectivity index (χ3v) is 3.64. The molecule has 2 unspecified atom stereocenters. The first-order valence-electron chi connectivity index (χ1n) is 5.66. The Kier molecular flexibility index (Phi) is 2.88. The maximum atomic E-state index is 11.8. The highest BCUT2D eigenvalue weighted by molar-refractivity contribution is 5.80. The molecule has 0 radical (unpaired) electrons. The van der Waals surface area contributed by atoms with Gasteiger partial charge >= 0.3 is 5.97 Å². The van der Waals surface area contributed by atoms with Crippen LogP contribution in [0.2, 0.25) is 0 Å². The van der Waals surface area contributed by atoms with Gasteiger partial charge in [-0.15, -0.1) is 0 Å². The molecule has 90 valence electrons. The van der Waals surface area contributed by atoms with Crippen LogP contribution in [0.25, 0.3) is 0 Å². The zero-order chi connectivity index (χ0) is 11.8. The molecule has 2 atom stereocenters. The van der Waals surface area contributed by atoms with Crippen LogP contribution in [0.15, 0.2) is 0 Å². The summed E-state index contributed by atoms with van der Waals surface area (Å²) < 4.78 is 5.26. The lowest BCUT2D eigenvalue weighted by Gasteiger charge is -2.37. The molecule has 5 nitrogen and oxygen atoms in total. The molecule has 2 fully saturated rings. The van der Waals surface area contributed by atoms with E-state index in [2.05, 4.69) is 0 Å². The van der Waals surface area contributed by atoms with Gasteiger partial charge in [0, 0.05) is 13.0 Å². The molecule has 0 bridgehead atoms. The van der Waals surface area contributed by atoms with E-state index in [1.165, 1.54) is 0 Å². The minimum Gasteiger partial charge on any atom is -0.481 e. The highest BCUT2D eigenvalue weighted by atomic mass is 16.5. The van der Waals surface area contributed by atoms with Crippen LogP contribution in [0.3, 0.4) is 0 Å². The Balaban J connectivity index is 2.19. The molecule has 2 aliphatic rings. The van der Waals surface area contributed by atoms with Crippen molar-refractivity contribution >= 4 is 11.9 Å². The SMILES string of the molecule is CC1(C(=O)O)COCC1N1CCCCC1=O. The first kappa shape index (κ1) is 11.4. The van der Waals surface area contributed by atoms with E-state index in [-0.39, 0.29) is 18.6 Å². The van der Waals surface area contributed by atoms with Crippen LogP contribution < -0.4 is 0 Å². The highest BCUT2D eigenvalue weighted by Crippen LogP contribution is 2.34. The number of nitrogens with zero attached hydrogens (tertiary/aromatic N) is 1. The summed E-state index contributed by atoms with van der Waals surface area (Å²) in [4.78, 5) is 24.7. The molecule has 0 aliphatic carbocycles. The molecule has 0 spiro atoms. The number of carbonyl (C=O) groups is 2. The van der Waals surface area contributed by atoms with Crippen molar-refractivity contribution in [2.75, 3.05) is 19.8 Å². The van der Waals surface area contributed by atoms with E-state index in [0.717, 1.165) is 12.8 Å². The number of carboxylic acid groups (broad SMARTS) is 1. The fourth-order valence-electron chi connectivity index (χ4n) is 2.46. The summed E-state index contributed by atoms with van der Waals surface area (Å²) in [6, 6.07) is -0.308. The minimum absolute atomic E-state index is 0.0641. The lowest BCUT2D eigenvalue weighted by atomic mass is 9.83. The average Bonchev–Trinajstić information content (AvgIpc) is 2.63. The summed E-state index contributed by atoms with van der Waals surface area (Å²) in [7, 11) is 0. The molecule has 1 amide bonds. The van der Waals surface area contributed by atoms with Crippen LogP contribution in [0.1, 0.15) is 26.2 Å². The van der Waals surface area contributed by atoms with Gasteiger partial charge in [-0.3, -0.25) is 9.59 Å². The Bertz CT molecular complexity index is 317. The number of rotatable bonds is 2. The van der Waals surface area contributed by atoms with Gasteiger partial charge in [-0.05, 0) is 19.8 Å². The Hall–Kier alpha value is -1.10. The molecule has 2 heterocycles. The number of aliphatic carboxylic acids is 1. The molecular weight excluding hydrogens is 210 g/mol. The molecule has 0 saturated carbocycles. The van der Waals surface area contributed by atoms with E-state index in [4.69, 9.17) is 4.74 Å². The Labute approximate surface area is 94.4 Å². The van der Waals surface area contributed by atoms with Crippen molar-refractivity contribution in [2.24, 2.45) is 5.41 Å². The largest absolute Gasteiger partial charge is 0.481 e. The monoisotopic (exact) mass is 227 g/mol. The third-order valence-electron chi connectivity index (χ3n) is 3.64. The molecule has 0 aromatic heterocycles. The van der Waals surface area contributed by atoms with Crippen LogP contribution in [0.5, 0.6) is 0 Å². The van der Waals surface area contributed by atoms with Crippen molar-refractivity contribution in [3.05, 3.63) is 0 Å². The lowest BCUT2D eigenvalue weighted by Crippen LogP contribution is -2.53. The maximum absolute atomic E-state index is 11.8. The van der Waals surface area contributed by atoms with Crippen LogP contribution in [-0.2, 0) is 14.3 Å². The third kappa shape index (κ3) is 1.69. The van der Waals surface area contributed by atoms with Crippen molar-refractivity contribution in [2.45, 2.75) is 32.2 Å². The van der Waals surface area contributed by atoms with Gasteiger partial charge in [-0.1, -0.05) is 0 Å². The fourth-order valence-corrected chi connectivity index (χ4v) is 2.46. The normalized spacial score (nSPS) is 35.4. The van der Waals surface area contributed by atoms with Gasteiger partial charge in [0.25, 0.3) is 0 Å². The first-order valence-corrected chi connectivity index (χ1v) is 5.66. The van der Waals surface area contributed by atoms with Crippen LogP contribution in [0.4, 0.5) is 0 Å². The van der Waals surface area contributed by atoms with Crippen molar-refractivity contribution in [1.82, 2.24) is 4.90 Å². The summed E-state index contributed by atoms with van der Waals surface area (Å²) in [5.41, 5.74) is -0.951. The average molecular weight is 227 g/mol. The maximum Gasteiger partial charge on any atom is 0.313 e. The lowest BCUT2D eigenvalue weighted by molar-refractivity contribution is -0.153. The molecule has 2 saturated heterocycles. The predicted molar refractivity (Wildman–Crippen MR) is 55.9 cm³/mol. The first-order chi connectivity index (χ1) is 7.55. The predicted octanol–water partition coefficient (Wildman–Crippen LogP) is 0.489. The van der Waals surface area contributed by atoms with Crippen molar-refractivity contribution in [3.8, 4) is 0 Å². The Morgan fingerprint density at radius 2 is 2.31 bits per heavy atom. The standard InChI is InChI=1S/C11H17NO4/c1-11(10(14)15)7-16-6-8(11)12-5-3-2-4-9(12)13/h8H,2-7H2,1H3,(H,14,15). The van der Waals surface area contributed by atoms with E-state index >= 15 is 0 Å². The molecule has 2 aliphatic heterocycles. The fraction of sp³-hybridized carbons (Fsp3) is 0.818. The van der Waals surface area contributed by atoms with E-state index in [1.807, 2.05) is 0 Å². The molecule has 1 N–H and O–H groups in total. The van der Waals surface area contributed by atoms with Crippen molar-refractivity contribution in [3.63, 3.8) is 0 Å². The number of likely N-dealkylation sites (tertiary alicyclic amines) is 1. The van der Waals surface area contributed by atoms with Gasteiger partial charge in [0.05, 0.1) is 19.3 Å². The molecular formula is C11H17NO4. The van der Waals surface area contributed by atoms with Gasteiger partial charge in [-0.25, -0.2) is 0 Å².